The Balaban J connectivity index is 1.74. The van der Waals surface area contributed by atoms with Crippen molar-refractivity contribution in [2.45, 2.75) is 26.3 Å². The van der Waals surface area contributed by atoms with Crippen molar-refractivity contribution in [1.82, 2.24) is 10.2 Å². The number of aryl methyl sites for hydroxylation is 1. The van der Waals surface area contributed by atoms with Gasteiger partial charge in [-0.05, 0) is 31.5 Å². The summed E-state index contributed by atoms with van der Waals surface area (Å²) < 4.78 is 5.37. The summed E-state index contributed by atoms with van der Waals surface area (Å²) in [7, 11) is 1.63. The molecule has 2 aromatic rings. The predicted octanol–water partition coefficient (Wildman–Crippen LogP) is 2.45. The molecular weight excluding hydrogens is 336 g/mol. The average Bonchev–Trinajstić information content (AvgIpc) is 2.99. The molecule has 7 nitrogen and oxygen atoms in total. The van der Waals surface area contributed by atoms with E-state index >= 15 is 0 Å². The van der Waals surface area contributed by atoms with Crippen molar-refractivity contribution in [3.05, 3.63) is 59.0 Å². The van der Waals surface area contributed by atoms with Crippen LogP contribution in [0.5, 0.6) is 0 Å². The van der Waals surface area contributed by atoms with E-state index in [4.69, 9.17) is 9.52 Å². The lowest BCUT2D eigenvalue weighted by Crippen LogP contribution is -2.28. The molecule has 1 heterocycles. The number of furan rings is 1. The van der Waals surface area contributed by atoms with Gasteiger partial charge in [0, 0.05) is 25.6 Å². The molecule has 0 radical (unpaired) electrons. The quantitative estimate of drug-likeness (QED) is 0.706. The predicted molar refractivity (Wildman–Crippen MR) is 94.9 cm³/mol. The highest BCUT2D eigenvalue weighted by Crippen LogP contribution is 2.16. The minimum absolute atomic E-state index is 0.101. The SMILES string of the molecule is Cc1oc(CN(C)C(=O)CCCNC(=O)c2ccccc2)cc1C(=O)O. The molecule has 0 fully saturated rings. The van der Waals surface area contributed by atoms with E-state index in [1.165, 1.54) is 11.0 Å². The van der Waals surface area contributed by atoms with Crippen LogP contribution in [-0.2, 0) is 11.3 Å². The highest BCUT2D eigenvalue weighted by Gasteiger charge is 2.16. The molecule has 1 aromatic heterocycles. The Morgan fingerprint density at radius 3 is 2.50 bits per heavy atom. The normalized spacial score (nSPS) is 10.4. The van der Waals surface area contributed by atoms with Gasteiger partial charge in [0.25, 0.3) is 5.91 Å². The number of hydrogen-bond acceptors (Lipinski definition) is 4. The third kappa shape index (κ3) is 5.20. The third-order valence-electron chi connectivity index (χ3n) is 3.91. The maximum absolute atomic E-state index is 12.1. The summed E-state index contributed by atoms with van der Waals surface area (Å²) in [5.41, 5.74) is 0.683. The van der Waals surface area contributed by atoms with Crippen molar-refractivity contribution >= 4 is 17.8 Å². The Morgan fingerprint density at radius 2 is 1.88 bits per heavy atom. The van der Waals surface area contributed by atoms with Gasteiger partial charge in [-0.3, -0.25) is 9.59 Å². The summed E-state index contributed by atoms with van der Waals surface area (Å²) in [6.07, 6.45) is 0.788. The van der Waals surface area contributed by atoms with Gasteiger partial charge >= 0.3 is 5.97 Å². The van der Waals surface area contributed by atoms with Crippen LogP contribution in [0.3, 0.4) is 0 Å². The molecule has 2 amide bonds. The second-order valence-corrected chi connectivity index (χ2v) is 5.96. The number of hydrogen-bond donors (Lipinski definition) is 2. The standard InChI is InChI=1S/C19H22N2O5/c1-13-16(19(24)25)11-15(26-13)12-21(2)17(22)9-6-10-20-18(23)14-7-4-3-5-8-14/h3-5,7-8,11H,6,9-10,12H2,1-2H3,(H,20,23)(H,24,25). The van der Waals surface area contributed by atoms with Crippen molar-refractivity contribution in [3.63, 3.8) is 0 Å². The molecule has 1 aromatic carbocycles. The Labute approximate surface area is 151 Å². The molecular formula is C19H22N2O5. The molecule has 0 aliphatic carbocycles. The summed E-state index contributed by atoms with van der Waals surface area (Å²) in [6, 6.07) is 10.3. The van der Waals surface area contributed by atoms with Crippen LogP contribution in [0.4, 0.5) is 0 Å². The number of nitrogens with one attached hydrogen (secondary N) is 1. The fourth-order valence-electron chi connectivity index (χ4n) is 2.48. The molecule has 2 N–H and O–H groups in total. The molecule has 0 bridgehead atoms. The lowest BCUT2D eigenvalue weighted by molar-refractivity contribution is -0.130. The topological polar surface area (TPSA) is 99.9 Å². The highest BCUT2D eigenvalue weighted by molar-refractivity contribution is 5.94. The molecule has 7 heteroatoms. The minimum Gasteiger partial charge on any atom is -0.478 e. The van der Waals surface area contributed by atoms with Crippen LogP contribution in [0.1, 0.15) is 45.1 Å². The van der Waals surface area contributed by atoms with E-state index in [1.807, 2.05) is 6.07 Å². The van der Waals surface area contributed by atoms with E-state index in [2.05, 4.69) is 5.32 Å². The van der Waals surface area contributed by atoms with Gasteiger partial charge in [-0.15, -0.1) is 0 Å². The summed E-state index contributed by atoms with van der Waals surface area (Å²) >= 11 is 0. The van der Waals surface area contributed by atoms with E-state index in [0.717, 1.165) is 0 Å². The Hall–Kier alpha value is -3.09. The van der Waals surface area contributed by atoms with Crippen LogP contribution < -0.4 is 5.32 Å². The second kappa shape index (κ2) is 8.84. The van der Waals surface area contributed by atoms with Gasteiger partial charge in [0.1, 0.15) is 17.1 Å². The van der Waals surface area contributed by atoms with Crippen LogP contribution in [0, 0.1) is 6.92 Å². The Kier molecular flexibility index (Phi) is 6.54. The molecule has 138 valence electrons. The Morgan fingerprint density at radius 1 is 1.19 bits per heavy atom. The van der Waals surface area contributed by atoms with Gasteiger partial charge in [-0.2, -0.15) is 0 Å². The number of nitrogens with zero attached hydrogens (tertiary/aromatic N) is 1. The first-order valence-corrected chi connectivity index (χ1v) is 8.28. The second-order valence-electron chi connectivity index (χ2n) is 5.96. The zero-order valence-corrected chi connectivity index (χ0v) is 14.8. The molecule has 0 saturated heterocycles. The van der Waals surface area contributed by atoms with E-state index in [-0.39, 0.29) is 30.3 Å². The summed E-state index contributed by atoms with van der Waals surface area (Å²) in [5.74, 6) is -0.589. The molecule has 0 aliphatic heterocycles. The lowest BCUT2D eigenvalue weighted by Gasteiger charge is -2.15. The average molecular weight is 358 g/mol. The minimum atomic E-state index is -1.05. The number of carboxylic acids is 1. The number of aromatic carboxylic acids is 1. The van der Waals surface area contributed by atoms with E-state index in [9.17, 15) is 14.4 Å². The zero-order chi connectivity index (χ0) is 19.1. The van der Waals surface area contributed by atoms with E-state index in [0.29, 0.717) is 30.0 Å². The van der Waals surface area contributed by atoms with E-state index < -0.39 is 5.97 Å². The van der Waals surface area contributed by atoms with Crippen LogP contribution in [0.15, 0.2) is 40.8 Å². The molecule has 0 saturated carbocycles. The number of amides is 2. The van der Waals surface area contributed by atoms with Crippen LogP contribution in [0.25, 0.3) is 0 Å². The summed E-state index contributed by atoms with van der Waals surface area (Å²) in [4.78, 5) is 36.5. The maximum atomic E-state index is 12.1. The van der Waals surface area contributed by atoms with Crippen LogP contribution in [0.2, 0.25) is 0 Å². The monoisotopic (exact) mass is 358 g/mol. The van der Waals surface area contributed by atoms with Crippen LogP contribution >= 0.6 is 0 Å². The Bertz CT molecular complexity index is 782. The van der Waals surface area contributed by atoms with Crippen molar-refractivity contribution in [2.75, 3.05) is 13.6 Å². The molecule has 2 rings (SSSR count). The van der Waals surface area contributed by atoms with Gasteiger partial charge in [-0.1, -0.05) is 18.2 Å². The first-order chi connectivity index (χ1) is 12.4. The molecule has 26 heavy (non-hydrogen) atoms. The van der Waals surface area contributed by atoms with Crippen molar-refractivity contribution < 1.29 is 23.9 Å². The number of carboxylic acid groups (broad SMARTS) is 1. The third-order valence-corrected chi connectivity index (χ3v) is 3.91. The number of carbonyl (C=O) groups excluding carboxylic acids is 2. The highest BCUT2D eigenvalue weighted by atomic mass is 16.4. The first-order valence-electron chi connectivity index (χ1n) is 8.28. The maximum Gasteiger partial charge on any atom is 0.339 e. The lowest BCUT2D eigenvalue weighted by atomic mass is 10.2. The first kappa shape index (κ1) is 19.2. The van der Waals surface area contributed by atoms with Gasteiger partial charge in [0.15, 0.2) is 0 Å². The molecule has 0 unspecified atom stereocenters. The molecule has 0 atom stereocenters. The number of rotatable bonds is 8. The number of benzene rings is 1. The van der Waals surface area contributed by atoms with E-state index in [1.54, 1.807) is 38.2 Å². The summed E-state index contributed by atoms with van der Waals surface area (Å²) in [5, 5.41) is 11.8. The molecule has 0 spiro atoms. The molecule has 0 aliphatic rings. The van der Waals surface area contributed by atoms with Gasteiger partial charge < -0.3 is 19.7 Å². The fourth-order valence-corrected chi connectivity index (χ4v) is 2.48. The van der Waals surface area contributed by atoms with Gasteiger partial charge in [0.05, 0.1) is 6.54 Å². The number of carbonyl (C=O) groups is 3. The van der Waals surface area contributed by atoms with Crippen molar-refractivity contribution in [3.8, 4) is 0 Å². The van der Waals surface area contributed by atoms with Gasteiger partial charge in [0.2, 0.25) is 5.91 Å². The fraction of sp³-hybridized carbons (Fsp3) is 0.316. The summed E-state index contributed by atoms with van der Waals surface area (Å²) in [6.45, 7) is 2.17. The van der Waals surface area contributed by atoms with Crippen molar-refractivity contribution in [1.29, 1.82) is 0 Å². The van der Waals surface area contributed by atoms with Gasteiger partial charge in [-0.25, -0.2) is 4.79 Å². The zero-order valence-electron chi connectivity index (χ0n) is 14.8. The van der Waals surface area contributed by atoms with Crippen LogP contribution in [-0.4, -0.2) is 41.4 Å². The van der Waals surface area contributed by atoms with Crippen molar-refractivity contribution in [2.24, 2.45) is 0 Å². The smallest absolute Gasteiger partial charge is 0.339 e. The largest absolute Gasteiger partial charge is 0.478 e.